The first-order valence-electron chi connectivity index (χ1n) is 5.04. The molecule has 1 atom stereocenters. The van der Waals surface area contributed by atoms with Crippen molar-refractivity contribution in [2.45, 2.75) is 13.0 Å². The van der Waals surface area contributed by atoms with Crippen LogP contribution < -0.4 is 10.6 Å². The molecule has 0 aliphatic carbocycles. The SMILES string of the molecule is Cc1cc(F)c2c(c1)C(N)C(=O)N2CCO. The maximum absolute atomic E-state index is 13.7. The number of halogens is 1. The van der Waals surface area contributed by atoms with E-state index in [1.165, 1.54) is 11.0 Å². The predicted octanol–water partition coefficient (Wildman–Crippen LogP) is 0.473. The number of fused-ring (bicyclic) bond motifs is 1. The fraction of sp³-hybridized carbons (Fsp3) is 0.364. The van der Waals surface area contributed by atoms with E-state index in [1.54, 1.807) is 13.0 Å². The number of β-amino-alcohol motifs (C(OH)–C–C–N with tert-alkyl or cyclic N) is 1. The van der Waals surface area contributed by atoms with Crippen LogP contribution in [0.25, 0.3) is 0 Å². The number of hydrogen-bond donors (Lipinski definition) is 2. The van der Waals surface area contributed by atoms with Crippen LogP contribution in [0.2, 0.25) is 0 Å². The maximum Gasteiger partial charge on any atom is 0.248 e. The van der Waals surface area contributed by atoms with Crippen LogP contribution >= 0.6 is 0 Å². The van der Waals surface area contributed by atoms with Crippen LogP contribution in [-0.2, 0) is 4.79 Å². The lowest BCUT2D eigenvalue weighted by Crippen LogP contribution is -2.34. The minimum atomic E-state index is -0.823. The van der Waals surface area contributed by atoms with Gasteiger partial charge in [0.1, 0.15) is 11.9 Å². The van der Waals surface area contributed by atoms with Crippen molar-refractivity contribution in [1.82, 2.24) is 0 Å². The number of carbonyl (C=O) groups is 1. The van der Waals surface area contributed by atoms with Gasteiger partial charge in [0.2, 0.25) is 5.91 Å². The third kappa shape index (κ3) is 1.48. The number of nitrogens with zero attached hydrogens (tertiary/aromatic N) is 1. The van der Waals surface area contributed by atoms with E-state index < -0.39 is 11.9 Å². The molecule has 0 radical (unpaired) electrons. The average molecular weight is 224 g/mol. The second-order valence-electron chi connectivity index (χ2n) is 3.88. The number of nitrogens with two attached hydrogens (primary N) is 1. The molecule has 1 unspecified atom stereocenters. The molecule has 0 aromatic heterocycles. The van der Waals surface area contributed by atoms with Gasteiger partial charge in [-0.05, 0) is 18.6 Å². The van der Waals surface area contributed by atoms with Crippen LogP contribution in [0, 0.1) is 12.7 Å². The lowest BCUT2D eigenvalue weighted by Gasteiger charge is -2.16. The quantitative estimate of drug-likeness (QED) is 0.767. The van der Waals surface area contributed by atoms with Gasteiger partial charge in [0.25, 0.3) is 0 Å². The van der Waals surface area contributed by atoms with Gasteiger partial charge in [0.05, 0.1) is 12.3 Å². The molecule has 1 heterocycles. The zero-order chi connectivity index (χ0) is 11.9. The number of aryl methyl sites for hydroxylation is 1. The number of rotatable bonds is 2. The molecule has 2 rings (SSSR count). The molecule has 1 aliphatic heterocycles. The summed E-state index contributed by atoms with van der Waals surface area (Å²) < 4.78 is 13.7. The van der Waals surface area contributed by atoms with Crippen LogP contribution in [-0.4, -0.2) is 24.2 Å². The molecule has 1 amide bonds. The Hall–Kier alpha value is -1.46. The van der Waals surface area contributed by atoms with Gasteiger partial charge >= 0.3 is 0 Å². The predicted molar refractivity (Wildman–Crippen MR) is 57.5 cm³/mol. The summed E-state index contributed by atoms with van der Waals surface area (Å²) in [5.41, 5.74) is 7.14. The highest BCUT2D eigenvalue weighted by Crippen LogP contribution is 2.37. The van der Waals surface area contributed by atoms with Crippen LogP contribution in [0.15, 0.2) is 12.1 Å². The zero-order valence-corrected chi connectivity index (χ0v) is 8.90. The van der Waals surface area contributed by atoms with Gasteiger partial charge in [0, 0.05) is 12.1 Å². The highest BCUT2D eigenvalue weighted by molar-refractivity contribution is 6.04. The van der Waals surface area contributed by atoms with E-state index in [-0.39, 0.29) is 24.7 Å². The highest BCUT2D eigenvalue weighted by Gasteiger charge is 2.36. The van der Waals surface area contributed by atoms with Gasteiger partial charge in [0.15, 0.2) is 0 Å². The molecule has 5 heteroatoms. The number of benzene rings is 1. The van der Waals surface area contributed by atoms with Crippen LogP contribution in [0.1, 0.15) is 17.2 Å². The van der Waals surface area contributed by atoms with E-state index in [2.05, 4.69) is 0 Å². The Kier molecular flexibility index (Phi) is 2.65. The molecule has 0 spiro atoms. The largest absolute Gasteiger partial charge is 0.395 e. The van der Waals surface area contributed by atoms with Crippen molar-refractivity contribution in [3.63, 3.8) is 0 Å². The molecule has 0 saturated carbocycles. The number of carbonyl (C=O) groups excluding carboxylic acids is 1. The normalized spacial score (nSPS) is 19.1. The zero-order valence-electron chi connectivity index (χ0n) is 8.90. The van der Waals surface area contributed by atoms with Gasteiger partial charge in [-0.15, -0.1) is 0 Å². The number of anilines is 1. The van der Waals surface area contributed by atoms with Crippen molar-refractivity contribution in [2.24, 2.45) is 5.73 Å². The minimum Gasteiger partial charge on any atom is -0.395 e. The Balaban J connectivity index is 2.56. The van der Waals surface area contributed by atoms with Crippen molar-refractivity contribution in [3.8, 4) is 0 Å². The van der Waals surface area contributed by atoms with E-state index in [1.807, 2.05) is 0 Å². The summed E-state index contributed by atoms with van der Waals surface area (Å²) in [5.74, 6) is -0.835. The summed E-state index contributed by atoms with van der Waals surface area (Å²) >= 11 is 0. The van der Waals surface area contributed by atoms with Crippen molar-refractivity contribution in [2.75, 3.05) is 18.1 Å². The van der Waals surface area contributed by atoms with Crippen LogP contribution in [0.5, 0.6) is 0 Å². The Labute approximate surface area is 92.5 Å². The van der Waals surface area contributed by atoms with Gasteiger partial charge in [-0.2, -0.15) is 0 Å². The van der Waals surface area contributed by atoms with E-state index in [0.29, 0.717) is 5.56 Å². The molecule has 0 saturated heterocycles. The molecular formula is C11H13FN2O2. The topological polar surface area (TPSA) is 66.6 Å². The molecule has 0 fully saturated rings. The fourth-order valence-corrected chi connectivity index (χ4v) is 2.02. The number of aliphatic hydroxyl groups is 1. The summed E-state index contributed by atoms with van der Waals surface area (Å²) in [6.45, 7) is 1.60. The van der Waals surface area contributed by atoms with Crippen LogP contribution in [0.4, 0.5) is 10.1 Å². The Morgan fingerprint density at radius 1 is 1.56 bits per heavy atom. The van der Waals surface area contributed by atoms with Gasteiger partial charge in [-0.1, -0.05) is 6.07 Å². The molecule has 0 bridgehead atoms. The van der Waals surface area contributed by atoms with Crippen LogP contribution in [0.3, 0.4) is 0 Å². The van der Waals surface area contributed by atoms with Crippen molar-refractivity contribution in [3.05, 3.63) is 29.1 Å². The minimum absolute atomic E-state index is 0.0690. The molecule has 16 heavy (non-hydrogen) atoms. The van der Waals surface area contributed by atoms with Gasteiger partial charge in [-0.3, -0.25) is 4.79 Å². The van der Waals surface area contributed by atoms with Crippen molar-refractivity contribution < 1.29 is 14.3 Å². The molecule has 4 nitrogen and oxygen atoms in total. The number of amides is 1. The molecule has 86 valence electrons. The first-order valence-corrected chi connectivity index (χ1v) is 5.04. The van der Waals surface area contributed by atoms with E-state index >= 15 is 0 Å². The summed E-state index contributed by atoms with van der Waals surface area (Å²) in [5, 5.41) is 8.84. The maximum atomic E-state index is 13.7. The highest BCUT2D eigenvalue weighted by atomic mass is 19.1. The first kappa shape index (κ1) is 11.0. The Morgan fingerprint density at radius 3 is 2.88 bits per heavy atom. The lowest BCUT2D eigenvalue weighted by molar-refractivity contribution is -0.119. The van der Waals surface area contributed by atoms with Crippen molar-refractivity contribution >= 4 is 11.6 Å². The summed E-state index contributed by atoms with van der Waals surface area (Å²) in [6, 6.07) is 2.24. The standard InChI is InChI=1S/C11H13FN2O2/c1-6-4-7-9(13)11(16)14(2-3-15)10(7)8(12)5-6/h4-5,9,15H,2-3,13H2,1H3. The van der Waals surface area contributed by atoms with Gasteiger partial charge < -0.3 is 15.7 Å². The summed E-state index contributed by atoms with van der Waals surface area (Å²) in [6.07, 6.45) is 0. The third-order valence-corrected chi connectivity index (χ3v) is 2.70. The second kappa shape index (κ2) is 3.84. The van der Waals surface area contributed by atoms with Crippen molar-refractivity contribution in [1.29, 1.82) is 0 Å². The first-order chi connectivity index (χ1) is 7.56. The van der Waals surface area contributed by atoms with E-state index in [0.717, 1.165) is 5.56 Å². The number of aliphatic hydroxyl groups excluding tert-OH is 1. The molecule has 1 aliphatic rings. The van der Waals surface area contributed by atoms with E-state index in [4.69, 9.17) is 10.8 Å². The molecular weight excluding hydrogens is 211 g/mol. The monoisotopic (exact) mass is 224 g/mol. The second-order valence-corrected chi connectivity index (χ2v) is 3.88. The molecule has 1 aromatic rings. The third-order valence-electron chi connectivity index (χ3n) is 2.70. The number of hydrogen-bond acceptors (Lipinski definition) is 3. The molecule has 3 N–H and O–H groups in total. The summed E-state index contributed by atoms with van der Waals surface area (Å²) in [7, 11) is 0. The average Bonchev–Trinajstić information content (AvgIpc) is 2.44. The van der Waals surface area contributed by atoms with Gasteiger partial charge in [-0.25, -0.2) is 4.39 Å². The van der Waals surface area contributed by atoms with E-state index in [9.17, 15) is 9.18 Å². The Morgan fingerprint density at radius 2 is 2.25 bits per heavy atom. The Bertz CT molecular complexity index is 448. The smallest absolute Gasteiger partial charge is 0.248 e. The molecule has 1 aromatic carbocycles. The fourth-order valence-electron chi connectivity index (χ4n) is 2.02. The lowest BCUT2D eigenvalue weighted by atomic mass is 10.1. The summed E-state index contributed by atoms with van der Waals surface area (Å²) in [4.78, 5) is 12.9.